The number of unbranched alkanes of at least 4 members (excludes halogenated alkanes) is 8. The fraction of sp³-hybridized carbons (Fsp3) is 1.00. The summed E-state index contributed by atoms with van der Waals surface area (Å²) in [5, 5.41) is 35.9. The summed E-state index contributed by atoms with van der Waals surface area (Å²) in [5.41, 5.74) is 0. The fourth-order valence-electron chi connectivity index (χ4n) is 2.50. The summed E-state index contributed by atoms with van der Waals surface area (Å²) in [6, 6.07) is 0. The minimum atomic E-state index is -1.10. The molecule has 4 nitrogen and oxygen atoms in total. The molecule has 0 aliphatic carbocycles. The van der Waals surface area contributed by atoms with E-state index in [0.29, 0.717) is 6.42 Å². The Morgan fingerprint density at radius 2 is 0.833 bits per heavy atom. The quantitative estimate of drug-likeness (QED) is 0.259. The molecule has 0 saturated heterocycles. The van der Waals surface area contributed by atoms with Crippen molar-refractivity contribution in [2.24, 2.45) is 0 Å². The Labute approximate surface area is 150 Å². The van der Waals surface area contributed by atoms with Crippen molar-refractivity contribution in [3.05, 3.63) is 0 Å². The summed E-state index contributed by atoms with van der Waals surface area (Å²) in [6.45, 7) is 6.39. The van der Waals surface area contributed by atoms with Gasteiger partial charge in [-0.15, -0.1) is 0 Å². The maximum absolute atomic E-state index is 9.43. The Hall–Kier alpha value is -0.160. The molecule has 2 unspecified atom stereocenters. The molecule has 2 atom stereocenters. The number of hydrogen-bond donors (Lipinski definition) is 4. The van der Waals surface area contributed by atoms with E-state index in [2.05, 4.69) is 20.8 Å². The highest BCUT2D eigenvalue weighted by molar-refractivity contribution is 4.66. The van der Waals surface area contributed by atoms with E-state index in [1.54, 1.807) is 0 Å². The first-order valence-corrected chi connectivity index (χ1v) is 10.2. The van der Waals surface area contributed by atoms with Crippen LogP contribution in [0.3, 0.4) is 0 Å². The average molecular weight is 349 g/mol. The maximum Gasteiger partial charge on any atom is 0.151 e. The van der Waals surface area contributed by atoms with Crippen molar-refractivity contribution in [2.45, 2.75) is 129 Å². The lowest BCUT2D eigenvalue weighted by atomic mass is 10.0. The van der Waals surface area contributed by atoms with Gasteiger partial charge in [-0.3, -0.25) is 0 Å². The first-order valence-electron chi connectivity index (χ1n) is 10.2. The molecule has 0 heterocycles. The third-order valence-electron chi connectivity index (χ3n) is 4.22. The highest BCUT2D eigenvalue weighted by Gasteiger charge is 2.14. The van der Waals surface area contributed by atoms with Crippen LogP contribution >= 0.6 is 0 Å². The zero-order valence-electron chi connectivity index (χ0n) is 16.4. The Kier molecular flexibility index (Phi) is 22.7. The molecule has 0 aromatic heterocycles. The molecule has 148 valence electrons. The molecule has 0 aliphatic heterocycles. The van der Waals surface area contributed by atoms with Crippen molar-refractivity contribution >= 4 is 0 Å². The van der Waals surface area contributed by atoms with Crippen molar-refractivity contribution in [3.63, 3.8) is 0 Å². The zero-order valence-corrected chi connectivity index (χ0v) is 16.4. The predicted octanol–water partition coefficient (Wildman–Crippen LogP) is 4.53. The van der Waals surface area contributed by atoms with Crippen molar-refractivity contribution < 1.29 is 20.4 Å². The van der Waals surface area contributed by atoms with Gasteiger partial charge in [0.1, 0.15) is 0 Å². The highest BCUT2D eigenvalue weighted by atomic mass is 16.5. The van der Waals surface area contributed by atoms with Crippen molar-refractivity contribution in [3.8, 4) is 0 Å². The molecular weight excluding hydrogens is 304 g/mol. The Morgan fingerprint density at radius 1 is 0.458 bits per heavy atom. The van der Waals surface area contributed by atoms with E-state index < -0.39 is 18.5 Å². The summed E-state index contributed by atoms with van der Waals surface area (Å²) in [7, 11) is 0. The van der Waals surface area contributed by atoms with E-state index in [-0.39, 0.29) is 0 Å². The van der Waals surface area contributed by atoms with E-state index in [4.69, 9.17) is 10.2 Å². The highest BCUT2D eigenvalue weighted by Crippen LogP contribution is 2.10. The van der Waals surface area contributed by atoms with Crippen molar-refractivity contribution in [1.82, 2.24) is 0 Å². The van der Waals surface area contributed by atoms with Crippen LogP contribution in [0.5, 0.6) is 0 Å². The minimum Gasteiger partial charge on any atom is -0.390 e. The molecule has 0 rings (SSSR count). The first kappa shape index (κ1) is 26.1. The average Bonchev–Trinajstić information content (AvgIpc) is 2.57. The summed E-state index contributed by atoms with van der Waals surface area (Å²) in [5.74, 6) is 0. The van der Waals surface area contributed by atoms with Crippen molar-refractivity contribution in [1.29, 1.82) is 0 Å². The van der Waals surface area contributed by atoms with Crippen LogP contribution in [-0.4, -0.2) is 38.9 Å². The van der Waals surface area contributed by atoms with Crippen molar-refractivity contribution in [2.75, 3.05) is 0 Å². The topological polar surface area (TPSA) is 80.9 Å². The fourth-order valence-corrected chi connectivity index (χ4v) is 2.50. The van der Waals surface area contributed by atoms with Crippen LogP contribution in [-0.2, 0) is 0 Å². The van der Waals surface area contributed by atoms with Crippen LogP contribution < -0.4 is 0 Å². The first-order chi connectivity index (χ1) is 11.5. The van der Waals surface area contributed by atoms with Crippen LogP contribution in [0.25, 0.3) is 0 Å². The minimum absolute atomic E-state index is 0.503. The molecule has 0 aromatic carbocycles. The van der Waals surface area contributed by atoms with Gasteiger partial charge in [-0.05, 0) is 25.7 Å². The van der Waals surface area contributed by atoms with Gasteiger partial charge in [-0.1, -0.05) is 85.0 Å². The van der Waals surface area contributed by atoms with Crippen LogP contribution in [0.1, 0.15) is 111 Å². The van der Waals surface area contributed by atoms with Gasteiger partial charge >= 0.3 is 0 Å². The number of hydrogen-bond acceptors (Lipinski definition) is 4. The second-order valence-electron chi connectivity index (χ2n) is 6.81. The standard InChI is InChI=1S/2C10H22O2/c1-3-5-7-9(11)10(12)8-6-4-2;1-2-3-4-5-6-7-8-9-10(11)12/h9-12H,3-8H2,1-2H3;10-12H,2-9H2,1H3. The van der Waals surface area contributed by atoms with Gasteiger partial charge in [0.25, 0.3) is 0 Å². The van der Waals surface area contributed by atoms with Gasteiger partial charge in [0.2, 0.25) is 0 Å². The van der Waals surface area contributed by atoms with Gasteiger partial charge in [0, 0.05) is 0 Å². The molecule has 0 saturated carbocycles. The predicted molar refractivity (Wildman–Crippen MR) is 102 cm³/mol. The molecular formula is C20H44O4. The van der Waals surface area contributed by atoms with Gasteiger partial charge in [0.15, 0.2) is 6.29 Å². The lowest BCUT2D eigenvalue weighted by molar-refractivity contribution is -0.0466. The molecule has 0 fully saturated rings. The molecule has 24 heavy (non-hydrogen) atoms. The van der Waals surface area contributed by atoms with E-state index in [1.165, 1.54) is 32.1 Å². The summed E-state index contributed by atoms with van der Waals surface area (Å²) >= 11 is 0. The smallest absolute Gasteiger partial charge is 0.151 e. The van der Waals surface area contributed by atoms with Crippen LogP contribution in [0.2, 0.25) is 0 Å². The molecule has 0 amide bonds. The van der Waals surface area contributed by atoms with Gasteiger partial charge < -0.3 is 20.4 Å². The van der Waals surface area contributed by atoms with E-state index >= 15 is 0 Å². The van der Waals surface area contributed by atoms with Crippen LogP contribution in [0, 0.1) is 0 Å². The second-order valence-corrected chi connectivity index (χ2v) is 6.81. The normalized spacial score (nSPS) is 13.5. The molecule has 0 aliphatic rings. The second kappa shape index (κ2) is 20.9. The van der Waals surface area contributed by atoms with Gasteiger partial charge in [-0.25, -0.2) is 0 Å². The Morgan fingerprint density at radius 3 is 1.21 bits per heavy atom. The zero-order chi connectivity index (χ0) is 18.6. The van der Waals surface area contributed by atoms with E-state index in [0.717, 1.165) is 51.4 Å². The Balaban J connectivity index is 0. The molecule has 0 radical (unpaired) electrons. The third kappa shape index (κ3) is 21.8. The monoisotopic (exact) mass is 348 g/mol. The molecule has 4 N–H and O–H groups in total. The van der Waals surface area contributed by atoms with Gasteiger partial charge in [0.05, 0.1) is 12.2 Å². The number of aliphatic hydroxyl groups excluding tert-OH is 3. The SMILES string of the molecule is CCCCC(O)C(O)CCCC.CCCCCCCCCC(O)O. The van der Waals surface area contributed by atoms with Crippen LogP contribution in [0.15, 0.2) is 0 Å². The Bertz CT molecular complexity index is 210. The molecule has 4 heteroatoms. The lowest BCUT2D eigenvalue weighted by Crippen LogP contribution is -2.25. The summed E-state index contributed by atoms with van der Waals surface area (Å²) < 4.78 is 0. The number of rotatable bonds is 15. The molecule has 0 spiro atoms. The molecule has 0 aromatic rings. The van der Waals surface area contributed by atoms with E-state index in [9.17, 15) is 10.2 Å². The van der Waals surface area contributed by atoms with Gasteiger partial charge in [-0.2, -0.15) is 0 Å². The number of aliphatic hydroxyl groups is 4. The summed E-state index contributed by atoms with van der Waals surface area (Å²) in [6.07, 6.45) is 12.7. The molecule has 0 bridgehead atoms. The summed E-state index contributed by atoms with van der Waals surface area (Å²) in [4.78, 5) is 0. The third-order valence-corrected chi connectivity index (χ3v) is 4.22. The maximum atomic E-state index is 9.43. The van der Waals surface area contributed by atoms with Crippen LogP contribution in [0.4, 0.5) is 0 Å². The lowest BCUT2D eigenvalue weighted by Gasteiger charge is -2.16. The van der Waals surface area contributed by atoms with E-state index in [1.807, 2.05) is 0 Å². The largest absolute Gasteiger partial charge is 0.390 e.